The monoisotopic (exact) mass is 228 g/mol. The van der Waals surface area contributed by atoms with Gasteiger partial charge in [0.05, 0.1) is 0 Å². The van der Waals surface area contributed by atoms with Gasteiger partial charge in [-0.05, 0) is 0 Å². The molecular weight excluding hydrogens is 215 g/mol. The van der Waals surface area contributed by atoms with Gasteiger partial charge in [-0.1, -0.05) is 0 Å². The third-order valence-corrected chi connectivity index (χ3v) is 0. The molecule has 0 amide bonds. The Balaban J connectivity index is -0.00000000286. The maximum atomic E-state index is 7.33. The van der Waals surface area contributed by atoms with Crippen LogP contribution in [0.25, 0.3) is 0 Å². The van der Waals surface area contributed by atoms with Crippen molar-refractivity contribution in [2.45, 2.75) is 0 Å². The summed E-state index contributed by atoms with van der Waals surface area (Å²) in [6.07, 6.45) is 0. The number of hydrogen-bond donors (Lipinski definition) is 4. The molecule has 0 rings (SSSR count). The first-order valence-electron chi connectivity index (χ1n) is 0.894. The average Bonchev–Trinajstić information content (AvgIpc) is 0.722. The molecular formula is H13AlCa2O5Si. The Morgan fingerprint density at radius 2 is 0.889 bits per heavy atom. The Labute approximate surface area is 130 Å². The standard InChI is InChI=1S/Al.2Ca.H4O4Si.H2O.7H/c;;;1-5(2,3)4;;;;;;;;/h;;;1-4H;1H2;;;;;;;/q;2*+2;;;;;;4*-1. The predicted molar refractivity (Wildman–Crippen MR) is 44.1 cm³/mol. The van der Waals surface area contributed by atoms with E-state index in [1.165, 1.54) is 0 Å². The molecule has 0 aliphatic rings. The van der Waals surface area contributed by atoms with Gasteiger partial charge in [-0.15, -0.1) is 0 Å². The van der Waals surface area contributed by atoms with Crippen LogP contribution in [0.2, 0.25) is 0 Å². The average molecular weight is 228 g/mol. The van der Waals surface area contributed by atoms with Gasteiger partial charge in [0, 0.05) is 0 Å². The van der Waals surface area contributed by atoms with Crippen molar-refractivity contribution in [1.29, 1.82) is 0 Å². The Kier molecular flexibility index (Phi) is 44.9. The van der Waals surface area contributed by atoms with Crippen LogP contribution in [0.4, 0.5) is 0 Å². The molecule has 0 saturated heterocycles. The molecule has 9 heteroatoms. The summed E-state index contributed by atoms with van der Waals surface area (Å²) in [7, 11) is -4.61. The van der Waals surface area contributed by atoms with Crippen molar-refractivity contribution < 1.29 is 30.4 Å². The summed E-state index contributed by atoms with van der Waals surface area (Å²) in [5.41, 5.74) is 0. The fraction of sp³-hybridized carbons (Fsp3) is 0. The summed E-state index contributed by atoms with van der Waals surface area (Å²) in [5.74, 6) is 0. The van der Waals surface area contributed by atoms with Gasteiger partial charge in [0.25, 0.3) is 0 Å². The van der Waals surface area contributed by atoms with E-state index in [2.05, 4.69) is 0 Å². The third kappa shape index (κ3) is 96.7. The van der Waals surface area contributed by atoms with Gasteiger partial charge in [-0.25, -0.2) is 0 Å². The van der Waals surface area contributed by atoms with Crippen molar-refractivity contribution in [3.8, 4) is 0 Å². The molecule has 0 fully saturated rings. The second-order valence-electron chi connectivity index (χ2n) is 0.600. The molecule has 0 saturated carbocycles. The molecule has 0 atom stereocenters. The summed E-state index contributed by atoms with van der Waals surface area (Å²) >= 11 is 0. The molecule has 0 unspecified atom stereocenters. The van der Waals surface area contributed by atoms with Crippen LogP contribution in [0.3, 0.4) is 0 Å². The topological polar surface area (TPSA) is 112 Å². The Bertz CT molecular complexity index is 42.0. The van der Waals surface area contributed by atoms with Crippen molar-refractivity contribution in [1.82, 2.24) is 0 Å². The van der Waals surface area contributed by atoms with E-state index in [1.807, 2.05) is 0 Å². The summed E-state index contributed by atoms with van der Waals surface area (Å²) in [6, 6.07) is 0. The van der Waals surface area contributed by atoms with E-state index in [4.69, 9.17) is 19.2 Å². The zero-order valence-corrected chi connectivity index (χ0v) is 9.62. The minimum Gasteiger partial charge on any atom is -1.00 e. The molecule has 6 N–H and O–H groups in total. The van der Waals surface area contributed by atoms with Crippen molar-refractivity contribution in [3.05, 3.63) is 0 Å². The molecule has 0 radical (unpaired) electrons. The first-order valence-corrected chi connectivity index (χ1v) is 2.68. The smallest absolute Gasteiger partial charge is 1.00 e. The number of rotatable bonds is 0. The second kappa shape index (κ2) is 13.6. The van der Waals surface area contributed by atoms with E-state index in [-0.39, 0.29) is 104 Å². The van der Waals surface area contributed by atoms with Crippen molar-refractivity contribution in [3.63, 3.8) is 0 Å². The molecule has 9 heavy (non-hydrogen) atoms. The van der Waals surface area contributed by atoms with Gasteiger partial charge in [0.1, 0.15) is 0 Å². The van der Waals surface area contributed by atoms with E-state index in [0.717, 1.165) is 0 Å². The van der Waals surface area contributed by atoms with Crippen LogP contribution in [0.15, 0.2) is 0 Å². The van der Waals surface area contributed by atoms with Gasteiger partial charge < -0.3 is 30.4 Å². The molecule has 0 aromatic heterocycles. The summed E-state index contributed by atoms with van der Waals surface area (Å²) in [6.45, 7) is 0. The maximum absolute atomic E-state index is 7.33. The van der Waals surface area contributed by atoms with Crippen LogP contribution >= 0.6 is 0 Å². The van der Waals surface area contributed by atoms with Crippen molar-refractivity contribution in [2.24, 2.45) is 0 Å². The minimum atomic E-state index is -4.61. The molecule has 5 nitrogen and oxygen atoms in total. The van der Waals surface area contributed by atoms with E-state index in [1.54, 1.807) is 0 Å². The molecule has 0 aromatic rings. The minimum absolute atomic E-state index is 0. The van der Waals surface area contributed by atoms with Crippen molar-refractivity contribution in [2.75, 3.05) is 0 Å². The van der Waals surface area contributed by atoms with Gasteiger partial charge in [0.2, 0.25) is 0 Å². The van der Waals surface area contributed by atoms with E-state index in [0.29, 0.717) is 0 Å². The molecule has 0 heterocycles. The molecule has 0 spiro atoms. The Morgan fingerprint density at radius 1 is 0.889 bits per heavy atom. The van der Waals surface area contributed by atoms with Crippen LogP contribution in [-0.4, -0.2) is 127 Å². The van der Waals surface area contributed by atoms with Gasteiger partial charge in [-0.2, -0.15) is 0 Å². The Morgan fingerprint density at radius 3 is 0.889 bits per heavy atom. The molecule has 0 aliphatic heterocycles. The summed E-state index contributed by atoms with van der Waals surface area (Å²) in [5, 5.41) is 0. The van der Waals surface area contributed by atoms with Crippen LogP contribution in [-0.2, 0) is 0 Å². The van der Waals surface area contributed by atoms with E-state index in [9.17, 15) is 0 Å². The summed E-state index contributed by atoms with van der Waals surface area (Å²) < 4.78 is 0. The first kappa shape index (κ1) is 29.6. The largest absolute Gasteiger partial charge is 2.00 e. The van der Waals surface area contributed by atoms with Crippen LogP contribution in [0.1, 0.15) is 5.71 Å². The first-order chi connectivity index (χ1) is 2.00. The fourth-order valence-electron chi connectivity index (χ4n) is 0. The quantitative estimate of drug-likeness (QED) is 0.311. The normalized spacial score (nSPS) is 6.67. The summed E-state index contributed by atoms with van der Waals surface area (Å²) in [4.78, 5) is 29.3. The zero-order valence-electron chi connectivity index (χ0n) is 8.20. The van der Waals surface area contributed by atoms with Gasteiger partial charge in [-0.3, -0.25) is 0 Å². The second-order valence-corrected chi connectivity index (χ2v) is 1.80. The molecule has 0 aromatic carbocycles. The maximum Gasteiger partial charge on any atom is 2.00 e. The van der Waals surface area contributed by atoms with E-state index >= 15 is 0 Å². The van der Waals surface area contributed by atoms with Gasteiger partial charge in [0.15, 0.2) is 17.4 Å². The molecule has 0 bridgehead atoms. The SMILES string of the molecule is O.O[Si](O)(O)O.[AlH3].[Ca+2].[Ca+2].[H-].[H-].[H-].[H-]. The van der Waals surface area contributed by atoms with Gasteiger partial charge >= 0.3 is 84.5 Å². The van der Waals surface area contributed by atoms with Crippen LogP contribution in [0.5, 0.6) is 0 Å². The Hall–Kier alpha value is 3.07. The molecule has 0 aliphatic carbocycles. The van der Waals surface area contributed by atoms with E-state index < -0.39 is 9.05 Å². The predicted octanol–water partition coefficient (Wildman–Crippen LogP) is -4.93. The van der Waals surface area contributed by atoms with Crippen LogP contribution < -0.4 is 0 Å². The molecule has 54 valence electrons. The van der Waals surface area contributed by atoms with Crippen LogP contribution in [0, 0.1) is 0 Å². The number of hydrogen-bond acceptors (Lipinski definition) is 4. The third-order valence-electron chi connectivity index (χ3n) is 0. The zero-order chi connectivity index (χ0) is 4.50. The fourth-order valence-corrected chi connectivity index (χ4v) is 0. The van der Waals surface area contributed by atoms with Crippen molar-refractivity contribution >= 4 is 102 Å².